The highest BCUT2D eigenvalue weighted by molar-refractivity contribution is 9.10. The summed E-state index contributed by atoms with van der Waals surface area (Å²) in [7, 11) is -3.01. The monoisotopic (exact) mass is 826 g/mol. The van der Waals surface area contributed by atoms with Crippen LogP contribution in [0.25, 0.3) is 11.3 Å². The van der Waals surface area contributed by atoms with Crippen molar-refractivity contribution in [1.82, 2.24) is 30.0 Å². The molecule has 0 spiro atoms. The van der Waals surface area contributed by atoms with Gasteiger partial charge in [0.1, 0.15) is 11.5 Å². The maximum absolute atomic E-state index is 14.3. The van der Waals surface area contributed by atoms with Gasteiger partial charge >= 0.3 is 25.7 Å². The first-order valence-electron chi connectivity index (χ1n) is 13.9. The summed E-state index contributed by atoms with van der Waals surface area (Å²) < 4.78 is 68.7. The zero-order chi connectivity index (χ0) is 37.9. The van der Waals surface area contributed by atoms with Gasteiger partial charge in [-0.05, 0) is 74.3 Å². The molecular weight excluding hydrogens is 794 g/mol. The Hall–Kier alpha value is -3.13. The lowest BCUT2D eigenvalue weighted by Gasteiger charge is -2.11. The summed E-state index contributed by atoms with van der Waals surface area (Å²) in [5.41, 5.74) is -1.86. The molecule has 0 aliphatic carbocycles. The number of carbonyl (C=O) groups is 2. The summed E-state index contributed by atoms with van der Waals surface area (Å²) in [6.45, 7) is 9.51. The van der Waals surface area contributed by atoms with E-state index >= 15 is 0 Å². The Morgan fingerprint density at radius 1 is 1.10 bits per heavy atom. The first-order valence-corrected chi connectivity index (χ1v) is 17.2. The molecule has 0 saturated heterocycles. The van der Waals surface area contributed by atoms with Crippen LogP contribution in [-0.4, -0.2) is 83.1 Å². The predicted octanol–water partition coefficient (Wildman–Crippen LogP) is 5.80. The smallest absolute Gasteiger partial charge is 0.434 e. The van der Waals surface area contributed by atoms with Crippen LogP contribution in [0.2, 0.25) is 10.3 Å². The zero-order valence-electron chi connectivity index (χ0n) is 26.7. The Morgan fingerprint density at radius 3 is 2.16 bits per heavy atom. The molecule has 15 nitrogen and oxygen atoms in total. The minimum Gasteiger partial charge on any atom is -0.480 e. The number of aliphatic carboxylic acids is 1. The number of esters is 1. The number of halogens is 7. The number of carbonyl (C=O) groups excluding carboxylic acids is 1. The van der Waals surface area contributed by atoms with Crippen LogP contribution < -0.4 is 16.0 Å². The third-order valence-corrected chi connectivity index (χ3v) is 6.96. The number of ether oxygens (including phenoxy) is 1. The number of aryl methyl sites for hydroxylation is 1. The van der Waals surface area contributed by atoms with Crippen LogP contribution in [-0.2, 0) is 27.3 Å². The number of hydrogen-bond acceptors (Lipinski definition) is 11. The number of carboxylic acid groups (broad SMARTS) is 1. The third kappa shape index (κ3) is 15.5. The molecule has 0 fully saturated rings. The van der Waals surface area contributed by atoms with Crippen molar-refractivity contribution in [2.24, 2.45) is 7.05 Å². The molecule has 3 aromatic rings. The van der Waals surface area contributed by atoms with Gasteiger partial charge in [0.25, 0.3) is 0 Å². The molecule has 23 heteroatoms. The van der Waals surface area contributed by atoms with E-state index in [1.165, 1.54) is 0 Å². The van der Waals surface area contributed by atoms with Crippen LogP contribution in [0.4, 0.5) is 29.5 Å². The van der Waals surface area contributed by atoms with Crippen LogP contribution in [0.1, 0.15) is 50.7 Å². The number of hydrogen-bond donors (Lipinski definition) is 6. The van der Waals surface area contributed by atoms with Gasteiger partial charge in [0.05, 0.1) is 34.0 Å². The topological polar surface area (TPSA) is 214 Å². The average Bonchev–Trinajstić information content (AvgIpc) is 3.21. The first kappa shape index (κ1) is 43.9. The number of rotatable bonds is 11. The van der Waals surface area contributed by atoms with E-state index in [2.05, 4.69) is 51.9 Å². The standard InChI is InChI=1S/C15H12BrClF4N2O2.C8H14ClN5.C3H8NO5P/c1-6(2)25-14(24)7-4-8(10(18)5-9(7)17)12-11(16)13(15(19,20)21)23(3)22-12;1-4-10-7-12-6(9)13-8(14-7)11-5(2)3;5-3(6)1-4-2-10(7,8)9/h4-6H,1-3H3;5H,4H2,1-3H3,(H2,10,11,12,13,14);4H,1-2H2,(H,5,6)(H2,7,8,9). The van der Waals surface area contributed by atoms with E-state index in [9.17, 15) is 31.7 Å². The van der Waals surface area contributed by atoms with Crippen LogP contribution in [0, 0.1) is 5.82 Å². The second kappa shape index (κ2) is 19.3. The van der Waals surface area contributed by atoms with Crippen LogP contribution >= 0.6 is 46.7 Å². The quantitative estimate of drug-likeness (QED) is 0.0767. The number of benzene rings is 1. The summed E-state index contributed by atoms with van der Waals surface area (Å²) in [6.07, 6.45) is -5.74. The summed E-state index contributed by atoms with van der Waals surface area (Å²) in [6, 6.07) is 2.13. The van der Waals surface area contributed by atoms with E-state index in [1.54, 1.807) is 13.8 Å². The number of nitrogens with zero attached hydrogens (tertiary/aromatic N) is 5. The van der Waals surface area contributed by atoms with Gasteiger partial charge in [-0.2, -0.15) is 33.2 Å². The highest BCUT2D eigenvalue weighted by Crippen LogP contribution is 2.41. The molecule has 0 aliphatic rings. The lowest BCUT2D eigenvalue weighted by atomic mass is 10.1. The van der Waals surface area contributed by atoms with Crippen molar-refractivity contribution >= 4 is 70.6 Å². The molecule has 0 aliphatic heterocycles. The number of anilines is 2. The van der Waals surface area contributed by atoms with E-state index in [0.29, 0.717) is 16.6 Å². The number of nitrogens with one attached hydrogen (secondary N) is 3. The van der Waals surface area contributed by atoms with Gasteiger partial charge < -0.3 is 30.3 Å². The van der Waals surface area contributed by atoms with Crippen molar-refractivity contribution < 1.29 is 51.3 Å². The van der Waals surface area contributed by atoms with E-state index in [1.807, 2.05) is 20.8 Å². The molecule has 0 saturated carbocycles. The van der Waals surface area contributed by atoms with Gasteiger partial charge in [0, 0.05) is 25.2 Å². The summed E-state index contributed by atoms with van der Waals surface area (Å²) in [5, 5.41) is 19.8. The van der Waals surface area contributed by atoms with E-state index in [4.69, 9.17) is 42.8 Å². The molecule has 6 N–H and O–H groups in total. The Balaban J connectivity index is 0.000000420. The zero-order valence-corrected chi connectivity index (χ0v) is 30.7. The van der Waals surface area contributed by atoms with E-state index < -0.39 is 60.6 Å². The van der Waals surface area contributed by atoms with Crippen molar-refractivity contribution in [3.8, 4) is 11.3 Å². The van der Waals surface area contributed by atoms with Gasteiger partial charge in [0.2, 0.25) is 17.2 Å². The highest BCUT2D eigenvalue weighted by atomic mass is 79.9. The molecule has 0 radical (unpaired) electrons. The minimum absolute atomic E-state index is 0.169. The maximum atomic E-state index is 14.3. The molecule has 1 aromatic carbocycles. The van der Waals surface area contributed by atoms with Gasteiger partial charge in [-0.1, -0.05) is 11.6 Å². The number of carboxylic acids is 1. The van der Waals surface area contributed by atoms with Gasteiger partial charge in [-0.15, -0.1) is 0 Å². The van der Waals surface area contributed by atoms with Crippen LogP contribution in [0.15, 0.2) is 16.6 Å². The maximum Gasteiger partial charge on any atom is 0.434 e. The normalized spacial score (nSPS) is 11.4. The summed E-state index contributed by atoms with van der Waals surface area (Å²) >= 11 is 14.4. The van der Waals surface area contributed by atoms with E-state index in [0.717, 1.165) is 25.7 Å². The molecule has 49 heavy (non-hydrogen) atoms. The second-order valence-corrected chi connectivity index (χ2v) is 13.3. The lowest BCUT2D eigenvalue weighted by molar-refractivity contribution is -0.144. The van der Waals surface area contributed by atoms with Crippen molar-refractivity contribution in [1.29, 1.82) is 0 Å². The fourth-order valence-corrected chi connectivity index (χ4v) is 4.93. The molecule has 0 unspecified atom stereocenters. The number of alkyl halides is 3. The largest absolute Gasteiger partial charge is 0.480 e. The molecule has 2 aromatic heterocycles. The fraction of sp³-hybridized carbons (Fsp3) is 0.462. The van der Waals surface area contributed by atoms with Crippen LogP contribution in [0.5, 0.6) is 0 Å². The lowest BCUT2D eigenvalue weighted by Crippen LogP contribution is -2.23. The van der Waals surface area contributed by atoms with Gasteiger partial charge in [0.15, 0.2) is 5.69 Å². The fourth-order valence-electron chi connectivity index (χ4n) is 3.36. The Kier molecular flexibility index (Phi) is 17.3. The molecule has 2 heterocycles. The van der Waals surface area contributed by atoms with Crippen molar-refractivity contribution in [2.75, 3.05) is 30.0 Å². The van der Waals surface area contributed by atoms with Crippen molar-refractivity contribution in [2.45, 2.75) is 52.9 Å². The van der Waals surface area contributed by atoms with Crippen molar-refractivity contribution in [3.05, 3.63) is 44.0 Å². The molecule has 0 amide bonds. The minimum atomic E-state index is -4.69. The third-order valence-electron chi connectivity index (χ3n) is 5.09. The van der Waals surface area contributed by atoms with Crippen LogP contribution in [0.3, 0.4) is 0 Å². The molecular formula is C26H34BrCl2F4N8O7P. The first-order chi connectivity index (χ1) is 22.5. The predicted molar refractivity (Wildman–Crippen MR) is 177 cm³/mol. The molecule has 0 atom stereocenters. The summed E-state index contributed by atoms with van der Waals surface area (Å²) in [5.74, 6) is -1.89. The SMILES string of the molecule is CC(C)OC(=O)c1cc(-c2nn(C)c(C(F)(F)F)c2Br)c(F)cc1Cl.CCNc1nc(Cl)nc(NC(C)C)n1.O=C(O)CNCP(=O)(O)O. The van der Waals surface area contributed by atoms with Gasteiger partial charge in [-0.25, -0.2) is 9.18 Å². The summed E-state index contributed by atoms with van der Waals surface area (Å²) in [4.78, 5) is 50.2. The average molecular weight is 828 g/mol. The Labute approximate surface area is 296 Å². The molecule has 0 bridgehead atoms. The van der Waals surface area contributed by atoms with Crippen molar-refractivity contribution in [3.63, 3.8) is 0 Å². The molecule has 3 rings (SSSR count). The molecule has 274 valence electrons. The van der Waals surface area contributed by atoms with E-state index in [-0.39, 0.29) is 33.2 Å². The Bertz CT molecular complexity index is 1650. The second-order valence-electron chi connectivity index (χ2n) is 10.1. The van der Waals surface area contributed by atoms with Gasteiger partial charge in [-0.3, -0.25) is 19.4 Å². The Morgan fingerprint density at radius 2 is 1.69 bits per heavy atom. The highest BCUT2D eigenvalue weighted by Gasteiger charge is 2.39. The number of aromatic nitrogens is 5.